The van der Waals surface area contributed by atoms with E-state index in [-0.39, 0.29) is 5.88 Å². The lowest BCUT2D eigenvalue weighted by molar-refractivity contribution is 0.310. The Hall–Kier alpha value is -3.59. The number of nitrogens with zero attached hydrogens (tertiary/aromatic N) is 5. The molecule has 35 heavy (non-hydrogen) atoms. The largest absolute Gasteiger partial charge is 0.433 e. The Morgan fingerprint density at radius 2 is 1.89 bits per heavy atom. The minimum absolute atomic E-state index is 0.0594. The van der Waals surface area contributed by atoms with Crippen LogP contribution in [0.1, 0.15) is 25.0 Å². The Bertz CT molecular complexity index is 1280. The zero-order valence-corrected chi connectivity index (χ0v) is 20.1. The van der Waals surface area contributed by atoms with Crippen molar-refractivity contribution in [2.45, 2.75) is 20.3 Å². The van der Waals surface area contributed by atoms with Gasteiger partial charge in [0, 0.05) is 37.8 Å². The Morgan fingerprint density at radius 1 is 1.09 bits per heavy atom. The monoisotopic (exact) mass is 478 g/mol. The third-order valence-corrected chi connectivity index (χ3v) is 6.23. The van der Waals surface area contributed by atoms with Gasteiger partial charge in [-0.1, -0.05) is 23.8 Å². The molecule has 0 radical (unpaired) electrons. The number of benzene rings is 1. The highest BCUT2D eigenvalue weighted by atomic mass is 19.1. The molecule has 3 heterocycles. The van der Waals surface area contributed by atoms with Gasteiger partial charge in [-0.3, -0.25) is 4.99 Å². The lowest BCUT2D eigenvalue weighted by atomic mass is 10.1. The standard InChI is InChI=1S/C26H28F2N6O/c1-4-5-17-12-21(29-15-17)30-22-14-23(32-26(31-22)34-8-6-33(3)7-9-34)35-25-20(27)13-18-10-16(2)11-19(18)24(25)28/h4-5,11-14H,6-10,15H2,1-3H3,(H,29,30,31,32)/b5-4+. The van der Waals surface area contributed by atoms with Crippen LogP contribution >= 0.6 is 0 Å². The Labute approximate surface area is 203 Å². The summed E-state index contributed by atoms with van der Waals surface area (Å²) in [6.45, 7) is 7.61. The molecule has 0 unspecified atom stereocenters. The number of halogens is 2. The predicted octanol–water partition coefficient (Wildman–Crippen LogP) is 4.58. The van der Waals surface area contributed by atoms with Gasteiger partial charge in [-0.2, -0.15) is 9.97 Å². The number of amidine groups is 1. The molecule has 0 saturated carbocycles. The maximum Gasteiger partial charge on any atom is 0.230 e. The van der Waals surface area contributed by atoms with Crippen molar-refractivity contribution in [2.75, 3.05) is 50.0 Å². The van der Waals surface area contributed by atoms with Crippen molar-refractivity contribution in [2.24, 2.45) is 4.99 Å². The number of likely N-dealkylation sites (N-methyl/N-ethyl adjacent to an activating group) is 1. The van der Waals surface area contributed by atoms with Gasteiger partial charge in [-0.25, -0.2) is 8.78 Å². The van der Waals surface area contributed by atoms with Crippen molar-refractivity contribution < 1.29 is 13.5 Å². The average molecular weight is 479 g/mol. The van der Waals surface area contributed by atoms with E-state index in [1.54, 1.807) is 6.08 Å². The number of anilines is 2. The molecule has 182 valence electrons. The Balaban J connectivity index is 1.48. The van der Waals surface area contributed by atoms with Crippen molar-refractivity contribution in [1.29, 1.82) is 0 Å². The fraction of sp³-hybridized carbons (Fsp3) is 0.346. The molecule has 1 saturated heterocycles. The molecule has 1 aromatic carbocycles. The molecule has 1 N–H and O–H groups in total. The molecule has 1 fully saturated rings. The number of allylic oxidation sites excluding steroid dienone is 2. The van der Waals surface area contributed by atoms with E-state index in [1.807, 2.05) is 37.0 Å². The maximum absolute atomic E-state index is 15.2. The highest BCUT2D eigenvalue weighted by Crippen LogP contribution is 2.37. The number of ether oxygens (including phenoxy) is 1. The first-order valence-corrected chi connectivity index (χ1v) is 11.7. The van der Waals surface area contributed by atoms with Crippen LogP contribution in [-0.2, 0) is 6.42 Å². The Kier molecular flexibility index (Phi) is 6.34. The second-order valence-corrected chi connectivity index (χ2v) is 9.07. The van der Waals surface area contributed by atoms with Gasteiger partial charge < -0.3 is 19.9 Å². The van der Waals surface area contributed by atoms with Gasteiger partial charge in [0.05, 0.1) is 6.54 Å². The minimum atomic E-state index is -0.752. The van der Waals surface area contributed by atoms with Crippen LogP contribution in [0.3, 0.4) is 0 Å². The molecule has 3 aliphatic rings. The maximum atomic E-state index is 15.2. The Morgan fingerprint density at radius 3 is 2.66 bits per heavy atom. The van der Waals surface area contributed by atoms with E-state index in [4.69, 9.17) is 4.74 Å². The van der Waals surface area contributed by atoms with Crippen LogP contribution in [0.25, 0.3) is 6.08 Å². The molecule has 0 bridgehead atoms. The fourth-order valence-corrected chi connectivity index (χ4v) is 4.40. The van der Waals surface area contributed by atoms with Crippen molar-refractivity contribution in [3.05, 3.63) is 64.3 Å². The van der Waals surface area contributed by atoms with Gasteiger partial charge >= 0.3 is 0 Å². The summed E-state index contributed by atoms with van der Waals surface area (Å²) in [5.41, 5.74) is 3.04. The van der Waals surface area contributed by atoms with E-state index in [0.717, 1.165) is 37.3 Å². The van der Waals surface area contributed by atoms with E-state index in [2.05, 4.69) is 32.2 Å². The number of fused-ring (bicyclic) bond motifs is 1. The fourth-order valence-electron chi connectivity index (χ4n) is 4.40. The second kappa shape index (κ2) is 9.58. The molecule has 0 atom stereocenters. The first-order chi connectivity index (χ1) is 16.9. The number of hydrogen-bond donors (Lipinski definition) is 1. The van der Waals surface area contributed by atoms with Gasteiger partial charge in [-0.05, 0) is 50.6 Å². The average Bonchev–Trinajstić information content (AvgIpc) is 3.42. The number of rotatable bonds is 5. The van der Waals surface area contributed by atoms with E-state index < -0.39 is 17.4 Å². The second-order valence-electron chi connectivity index (χ2n) is 9.07. The SMILES string of the molecule is C/C=C/C1=CC(Nc2cc(Oc3c(F)cc4c(c3F)C=C(C)C4)nc(N3CCN(C)CC3)n2)=NC1. The number of nitrogens with one attached hydrogen (secondary N) is 1. The van der Waals surface area contributed by atoms with Crippen LogP contribution in [0.4, 0.5) is 20.5 Å². The lowest BCUT2D eigenvalue weighted by Crippen LogP contribution is -2.45. The normalized spacial score (nSPS) is 18.0. The number of hydrogen-bond acceptors (Lipinski definition) is 7. The summed E-state index contributed by atoms with van der Waals surface area (Å²) < 4.78 is 35.8. The van der Waals surface area contributed by atoms with Crippen LogP contribution in [0.15, 0.2) is 46.5 Å². The molecular formula is C26H28F2N6O. The predicted molar refractivity (Wildman–Crippen MR) is 134 cm³/mol. The van der Waals surface area contributed by atoms with Crippen LogP contribution in [0, 0.1) is 11.6 Å². The minimum Gasteiger partial charge on any atom is -0.433 e. The smallest absolute Gasteiger partial charge is 0.230 e. The summed E-state index contributed by atoms with van der Waals surface area (Å²) in [4.78, 5) is 17.9. The summed E-state index contributed by atoms with van der Waals surface area (Å²) in [6.07, 6.45) is 8.16. The van der Waals surface area contributed by atoms with Gasteiger partial charge in [0.25, 0.3) is 0 Å². The molecule has 1 aromatic heterocycles. The van der Waals surface area contributed by atoms with Crippen LogP contribution in [0.2, 0.25) is 0 Å². The van der Waals surface area contributed by atoms with Gasteiger partial charge in [0.15, 0.2) is 11.6 Å². The lowest BCUT2D eigenvalue weighted by Gasteiger charge is -2.32. The topological polar surface area (TPSA) is 65.9 Å². The summed E-state index contributed by atoms with van der Waals surface area (Å²) >= 11 is 0. The van der Waals surface area contributed by atoms with Crippen molar-refractivity contribution >= 4 is 23.7 Å². The van der Waals surface area contributed by atoms with Crippen molar-refractivity contribution in [3.63, 3.8) is 0 Å². The molecule has 5 rings (SSSR count). The molecular weight excluding hydrogens is 450 g/mol. The van der Waals surface area contributed by atoms with Crippen LogP contribution in [-0.4, -0.2) is 60.5 Å². The molecule has 0 amide bonds. The van der Waals surface area contributed by atoms with Gasteiger partial charge in [0.1, 0.15) is 11.7 Å². The molecule has 1 aliphatic carbocycles. The summed E-state index contributed by atoms with van der Waals surface area (Å²) in [7, 11) is 2.06. The molecule has 2 aliphatic heterocycles. The van der Waals surface area contributed by atoms with E-state index >= 15 is 4.39 Å². The number of aliphatic imine (C=N–C) groups is 1. The van der Waals surface area contributed by atoms with Gasteiger partial charge in [-0.15, -0.1) is 0 Å². The molecule has 0 spiro atoms. The molecule has 2 aromatic rings. The van der Waals surface area contributed by atoms with Crippen LogP contribution in [0.5, 0.6) is 11.6 Å². The first kappa shape index (κ1) is 23.2. The van der Waals surface area contributed by atoms with E-state index in [0.29, 0.717) is 41.7 Å². The van der Waals surface area contributed by atoms with E-state index in [1.165, 1.54) is 12.1 Å². The highest BCUT2D eigenvalue weighted by Gasteiger charge is 2.24. The first-order valence-electron chi connectivity index (χ1n) is 11.7. The highest BCUT2D eigenvalue weighted by molar-refractivity contribution is 6.05. The third kappa shape index (κ3) is 4.95. The third-order valence-electron chi connectivity index (χ3n) is 6.23. The van der Waals surface area contributed by atoms with Crippen molar-refractivity contribution in [1.82, 2.24) is 14.9 Å². The molecule has 7 nitrogen and oxygen atoms in total. The van der Waals surface area contributed by atoms with Gasteiger partial charge in [0.2, 0.25) is 17.6 Å². The van der Waals surface area contributed by atoms with Crippen molar-refractivity contribution in [3.8, 4) is 11.6 Å². The quantitative estimate of drug-likeness (QED) is 0.679. The summed E-state index contributed by atoms with van der Waals surface area (Å²) in [6, 6.07) is 2.88. The zero-order chi connectivity index (χ0) is 24.5. The van der Waals surface area contributed by atoms with Crippen LogP contribution < -0.4 is 15.0 Å². The number of piperazine rings is 1. The zero-order valence-electron chi connectivity index (χ0n) is 20.1. The number of aromatic nitrogens is 2. The molecule has 9 heteroatoms. The summed E-state index contributed by atoms with van der Waals surface area (Å²) in [5.74, 6) is -0.336. The van der Waals surface area contributed by atoms with E-state index in [9.17, 15) is 4.39 Å². The summed E-state index contributed by atoms with van der Waals surface area (Å²) in [5, 5.41) is 3.19.